The molecule has 0 spiro atoms. The zero-order valence-electron chi connectivity index (χ0n) is 19.6. The van der Waals surface area contributed by atoms with Gasteiger partial charge in [0.15, 0.2) is 0 Å². The Morgan fingerprint density at radius 3 is 2.16 bits per heavy atom. The van der Waals surface area contributed by atoms with E-state index in [4.69, 9.17) is 4.74 Å². The summed E-state index contributed by atoms with van der Waals surface area (Å²) in [4.78, 5) is 25.9. The van der Waals surface area contributed by atoms with E-state index in [2.05, 4.69) is 15.7 Å². The van der Waals surface area contributed by atoms with Crippen LogP contribution < -0.4 is 10.6 Å². The van der Waals surface area contributed by atoms with Crippen molar-refractivity contribution in [2.75, 3.05) is 5.32 Å². The molecular weight excluding hydrogens is 404 g/mol. The molecule has 1 aromatic carbocycles. The fourth-order valence-corrected chi connectivity index (χ4v) is 4.56. The highest BCUT2D eigenvalue weighted by atomic mass is 16.6. The third-order valence-corrected chi connectivity index (χ3v) is 6.22. The van der Waals surface area contributed by atoms with Gasteiger partial charge in [0.2, 0.25) is 5.91 Å². The van der Waals surface area contributed by atoms with Crippen molar-refractivity contribution >= 4 is 17.7 Å². The standard InChI is InChI=1S/C25H34N4O3/c1-15-14-26-29(5)22(15)18-10-12-19(13-11-18)27-23(30)21(28-24(31)32-25(2,3)4)20(16-6-7-16)17-8-9-17/h10-14,16-17,20-21H,6-9H2,1-5H3,(H,27,30)(H,28,31)/t21-/m0/s1. The summed E-state index contributed by atoms with van der Waals surface area (Å²) in [6.45, 7) is 7.51. The maximum atomic E-state index is 13.3. The summed E-state index contributed by atoms with van der Waals surface area (Å²) >= 11 is 0. The van der Waals surface area contributed by atoms with E-state index in [0.29, 0.717) is 17.5 Å². The van der Waals surface area contributed by atoms with Crippen LogP contribution in [-0.2, 0) is 16.6 Å². The van der Waals surface area contributed by atoms with Crippen LogP contribution in [0.3, 0.4) is 0 Å². The zero-order valence-corrected chi connectivity index (χ0v) is 19.6. The van der Waals surface area contributed by atoms with E-state index < -0.39 is 17.7 Å². The highest BCUT2D eigenvalue weighted by Gasteiger charge is 2.48. The second-order valence-electron chi connectivity index (χ2n) is 10.2. The van der Waals surface area contributed by atoms with Crippen molar-refractivity contribution in [1.29, 1.82) is 0 Å². The number of carbonyl (C=O) groups is 2. The van der Waals surface area contributed by atoms with Gasteiger partial charge in [0.05, 0.1) is 11.9 Å². The number of rotatable bonds is 7. The molecule has 1 atom stereocenters. The number of nitrogens with one attached hydrogen (secondary N) is 2. The van der Waals surface area contributed by atoms with Crippen LogP contribution in [-0.4, -0.2) is 33.4 Å². The molecule has 2 N–H and O–H groups in total. The van der Waals surface area contributed by atoms with Gasteiger partial charge >= 0.3 is 6.09 Å². The predicted molar refractivity (Wildman–Crippen MR) is 124 cm³/mol. The summed E-state index contributed by atoms with van der Waals surface area (Å²) in [6, 6.07) is 7.16. The number of hydrogen-bond donors (Lipinski definition) is 2. The van der Waals surface area contributed by atoms with Crippen molar-refractivity contribution in [2.24, 2.45) is 24.8 Å². The molecule has 0 radical (unpaired) electrons. The fraction of sp³-hybridized carbons (Fsp3) is 0.560. The number of benzene rings is 1. The van der Waals surface area contributed by atoms with E-state index in [1.54, 1.807) is 0 Å². The Bertz CT molecular complexity index is 950. The molecule has 4 rings (SSSR count). The minimum absolute atomic E-state index is 0.166. The molecule has 2 aliphatic carbocycles. The highest BCUT2D eigenvalue weighted by Crippen LogP contribution is 2.50. The number of amides is 2. The van der Waals surface area contributed by atoms with Crippen molar-refractivity contribution in [3.05, 3.63) is 36.0 Å². The first-order valence-corrected chi connectivity index (χ1v) is 11.5. The molecular formula is C25H34N4O3. The Morgan fingerprint density at radius 1 is 1.09 bits per heavy atom. The van der Waals surface area contributed by atoms with Gasteiger partial charge in [-0.1, -0.05) is 12.1 Å². The summed E-state index contributed by atoms with van der Waals surface area (Å²) in [7, 11) is 1.92. The van der Waals surface area contributed by atoms with E-state index in [9.17, 15) is 9.59 Å². The average molecular weight is 439 g/mol. The van der Waals surface area contributed by atoms with E-state index in [0.717, 1.165) is 42.5 Å². The molecule has 2 aliphatic rings. The number of ether oxygens (including phenoxy) is 1. The first-order valence-electron chi connectivity index (χ1n) is 11.5. The van der Waals surface area contributed by atoms with Crippen molar-refractivity contribution in [3.8, 4) is 11.3 Å². The molecule has 2 amide bonds. The van der Waals surface area contributed by atoms with Gasteiger partial charge in [-0.05, 0) is 88.8 Å². The zero-order chi connectivity index (χ0) is 23.0. The monoisotopic (exact) mass is 438 g/mol. The van der Waals surface area contributed by atoms with Crippen LogP contribution in [0, 0.1) is 24.7 Å². The maximum Gasteiger partial charge on any atom is 0.408 e. The van der Waals surface area contributed by atoms with Crippen molar-refractivity contribution in [2.45, 2.75) is 65.0 Å². The lowest BCUT2D eigenvalue weighted by Gasteiger charge is -2.29. The number of aromatic nitrogens is 2. The molecule has 172 valence electrons. The Morgan fingerprint density at radius 2 is 1.69 bits per heavy atom. The Hall–Kier alpha value is -2.83. The molecule has 7 nitrogen and oxygen atoms in total. The van der Waals surface area contributed by atoms with Gasteiger partial charge < -0.3 is 15.4 Å². The van der Waals surface area contributed by atoms with Crippen LogP contribution in [0.25, 0.3) is 11.3 Å². The van der Waals surface area contributed by atoms with E-state index >= 15 is 0 Å². The Balaban J connectivity index is 1.50. The Kier molecular flexibility index (Phi) is 6.01. The van der Waals surface area contributed by atoms with Gasteiger partial charge in [-0.2, -0.15) is 5.10 Å². The Labute approximate surface area is 189 Å². The van der Waals surface area contributed by atoms with Gasteiger partial charge in [-0.15, -0.1) is 0 Å². The molecule has 1 heterocycles. The summed E-state index contributed by atoms with van der Waals surface area (Å²) in [5, 5.41) is 10.2. The van der Waals surface area contributed by atoms with Crippen molar-refractivity contribution < 1.29 is 14.3 Å². The normalized spacial score (nSPS) is 17.2. The molecule has 32 heavy (non-hydrogen) atoms. The van der Waals surface area contributed by atoms with Gasteiger partial charge in [-0.25, -0.2) is 4.79 Å². The quantitative estimate of drug-likeness (QED) is 0.658. The van der Waals surface area contributed by atoms with Crippen molar-refractivity contribution in [1.82, 2.24) is 15.1 Å². The SMILES string of the molecule is Cc1cnn(C)c1-c1ccc(NC(=O)[C@@H](NC(=O)OC(C)(C)C)C(C2CC2)C2CC2)cc1. The molecule has 2 saturated carbocycles. The first kappa shape index (κ1) is 22.4. The number of alkyl carbamates (subject to hydrolysis) is 1. The molecule has 0 aliphatic heterocycles. The van der Waals surface area contributed by atoms with E-state index in [1.165, 1.54) is 0 Å². The van der Waals surface area contributed by atoms with E-state index in [-0.39, 0.29) is 11.8 Å². The summed E-state index contributed by atoms with van der Waals surface area (Å²) < 4.78 is 7.31. The minimum Gasteiger partial charge on any atom is -0.444 e. The first-order chi connectivity index (χ1) is 15.1. The highest BCUT2D eigenvalue weighted by molar-refractivity contribution is 5.97. The molecule has 1 aromatic heterocycles. The summed E-state index contributed by atoms with van der Waals surface area (Å²) in [5.41, 5.74) is 3.29. The van der Waals surface area contributed by atoms with Crippen LogP contribution in [0.15, 0.2) is 30.5 Å². The second kappa shape index (κ2) is 8.60. The second-order valence-corrected chi connectivity index (χ2v) is 10.2. The van der Waals surface area contributed by atoms with Crippen LogP contribution >= 0.6 is 0 Å². The summed E-state index contributed by atoms with van der Waals surface area (Å²) in [5.74, 6) is 0.995. The number of carbonyl (C=O) groups excluding carboxylic acids is 2. The van der Waals surface area contributed by atoms with Crippen molar-refractivity contribution in [3.63, 3.8) is 0 Å². The van der Waals surface area contributed by atoms with Gasteiger partial charge in [0.25, 0.3) is 0 Å². The third-order valence-electron chi connectivity index (χ3n) is 6.22. The predicted octanol–water partition coefficient (Wildman–Crippen LogP) is 4.66. The summed E-state index contributed by atoms with van der Waals surface area (Å²) in [6.07, 6.45) is 5.80. The van der Waals surface area contributed by atoms with Gasteiger partial charge in [0, 0.05) is 18.3 Å². The number of nitrogens with zero attached hydrogens (tertiary/aromatic N) is 2. The molecule has 2 aromatic rings. The number of anilines is 1. The lowest BCUT2D eigenvalue weighted by atomic mass is 9.88. The van der Waals surface area contributed by atoms with Crippen LogP contribution in [0.2, 0.25) is 0 Å². The van der Waals surface area contributed by atoms with Crippen LogP contribution in [0.1, 0.15) is 52.0 Å². The van der Waals surface area contributed by atoms with E-state index in [1.807, 2.05) is 69.9 Å². The lowest BCUT2D eigenvalue weighted by Crippen LogP contribution is -2.51. The third kappa shape index (κ3) is 5.31. The molecule has 7 heteroatoms. The average Bonchev–Trinajstić information content (AvgIpc) is 3.62. The minimum atomic E-state index is -0.612. The molecule has 0 saturated heterocycles. The van der Waals surface area contributed by atoms with Crippen LogP contribution in [0.5, 0.6) is 0 Å². The van der Waals surface area contributed by atoms with Crippen LogP contribution in [0.4, 0.5) is 10.5 Å². The van der Waals surface area contributed by atoms with Gasteiger partial charge in [0.1, 0.15) is 11.6 Å². The molecule has 0 unspecified atom stereocenters. The molecule has 2 fully saturated rings. The largest absolute Gasteiger partial charge is 0.444 e. The number of aryl methyl sites for hydroxylation is 2. The lowest BCUT2D eigenvalue weighted by molar-refractivity contribution is -0.120. The fourth-order valence-electron chi connectivity index (χ4n) is 4.56. The maximum absolute atomic E-state index is 13.3. The molecule has 0 bridgehead atoms. The topological polar surface area (TPSA) is 85.3 Å². The number of hydrogen-bond acceptors (Lipinski definition) is 4. The smallest absolute Gasteiger partial charge is 0.408 e. The van der Waals surface area contributed by atoms with Gasteiger partial charge in [-0.3, -0.25) is 9.48 Å².